The summed E-state index contributed by atoms with van der Waals surface area (Å²) in [6.07, 6.45) is 10.4. The van der Waals surface area contributed by atoms with Gasteiger partial charge in [-0.05, 0) is 61.8 Å². The van der Waals surface area contributed by atoms with E-state index in [9.17, 15) is 4.79 Å². The monoisotopic (exact) mass is 459 g/mol. The second-order valence-corrected chi connectivity index (χ2v) is 9.21. The quantitative estimate of drug-likeness (QED) is 0.167. The second kappa shape index (κ2) is 12.8. The third-order valence-electron chi connectivity index (χ3n) is 6.94. The van der Waals surface area contributed by atoms with E-state index in [2.05, 4.69) is 64.3 Å². The largest absolute Gasteiger partial charge is 0.353 e. The summed E-state index contributed by atoms with van der Waals surface area (Å²) in [4.78, 5) is 17.1. The van der Waals surface area contributed by atoms with Crippen LogP contribution < -0.4 is 16.0 Å². The number of amides is 1. The van der Waals surface area contributed by atoms with E-state index >= 15 is 0 Å². The molecule has 6 nitrogen and oxygen atoms in total. The number of benzene rings is 2. The summed E-state index contributed by atoms with van der Waals surface area (Å²) >= 11 is 0. The standard InChI is InChI=1S/C28H37N5O/c1-3-4-6-9-22-12-14-23(15-13-22)26(34)31-20-28(24-10-7-5-8-11-24)18-16-25(17-19-28)33-27(30-2)32-21-29/h5,7-8,10-15,25H,3-4,6,9,16-20H2,1-2H3,(H,31,34)(H2,30,32,33). The van der Waals surface area contributed by atoms with Gasteiger partial charge < -0.3 is 10.6 Å². The number of nitriles is 1. The molecule has 0 saturated heterocycles. The van der Waals surface area contributed by atoms with E-state index in [4.69, 9.17) is 5.26 Å². The summed E-state index contributed by atoms with van der Waals surface area (Å²) in [5, 5.41) is 18.0. The van der Waals surface area contributed by atoms with Crippen molar-refractivity contribution in [1.29, 1.82) is 5.26 Å². The Morgan fingerprint density at radius 2 is 1.79 bits per heavy atom. The highest BCUT2D eigenvalue weighted by Crippen LogP contribution is 2.39. The van der Waals surface area contributed by atoms with Crippen LogP contribution >= 0.6 is 0 Å². The van der Waals surface area contributed by atoms with E-state index in [0.29, 0.717) is 18.1 Å². The van der Waals surface area contributed by atoms with Gasteiger partial charge in [-0.3, -0.25) is 15.1 Å². The lowest BCUT2D eigenvalue weighted by Crippen LogP contribution is -2.49. The third-order valence-corrected chi connectivity index (χ3v) is 6.94. The van der Waals surface area contributed by atoms with E-state index in [1.54, 1.807) is 7.05 Å². The normalized spacial score (nSPS) is 20.3. The zero-order valence-corrected chi connectivity index (χ0v) is 20.4. The lowest BCUT2D eigenvalue weighted by molar-refractivity contribution is 0.0935. The molecular formula is C28H37N5O. The predicted molar refractivity (Wildman–Crippen MR) is 138 cm³/mol. The highest BCUT2D eigenvalue weighted by Gasteiger charge is 2.37. The molecule has 2 aromatic carbocycles. The number of hydrogen-bond acceptors (Lipinski definition) is 3. The molecule has 0 bridgehead atoms. The number of hydrogen-bond donors (Lipinski definition) is 3. The summed E-state index contributed by atoms with van der Waals surface area (Å²) in [6.45, 7) is 2.81. The van der Waals surface area contributed by atoms with Crippen LogP contribution in [0, 0.1) is 11.5 Å². The fraction of sp³-hybridized carbons (Fsp3) is 0.464. The minimum atomic E-state index is -0.110. The van der Waals surface area contributed by atoms with Gasteiger partial charge in [-0.15, -0.1) is 0 Å². The maximum Gasteiger partial charge on any atom is 0.251 e. The summed E-state index contributed by atoms with van der Waals surface area (Å²) in [5.41, 5.74) is 3.16. The van der Waals surface area contributed by atoms with Gasteiger partial charge in [0.15, 0.2) is 6.19 Å². The maximum absolute atomic E-state index is 13.0. The Labute approximate surface area is 203 Å². The Morgan fingerprint density at radius 1 is 1.09 bits per heavy atom. The van der Waals surface area contributed by atoms with Crippen molar-refractivity contribution >= 4 is 11.9 Å². The molecule has 0 radical (unpaired) electrons. The predicted octanol–water partition coefficient (Wildman–Crippen LogP) is 4.68. The summed E-state index contributed by atoms with van der Waals surface area (Å²) in [7, 11) is 1.66. The highest BCUT2D eigenvalue weighted by molar-refractivity contribution is 5.94. The Morgan fingerprint density at radius 3 is 2.41 bits per heavy atom. The average Bonchev–Trinajstić information content (AvgIpc) is 2.89. The molecule has 0 unspecified atom stereocenters. The first-order valence-corrected chi connectivity index (χ1v) is 12.4. The maximum atomic E-state index is 13.0. The van der Waals surface area contributed by atoms with Crippen LogP contribution in [0.3, 0.4) is 0 Å². The molecular weight excluding hydrogens is 422 g/mol. The van der Waals surface area contributed by atoms with Crippen LogP contribution in [0.5, 0.6) is 0 Å². The van der Waals surface area contributed by atoms with Crippen molar-refractivity contribution < 1.29 is 4.79 Å². The van der Waals surface area contributed by atoms with Gasteiger partial charge in [-0.2, -0.15) is 5.26 Å². The summed E-state index contributed by atoms with van der Waals surface area (Å²) in [6, 6.07) is 18.8. The summed E-state index contributed by atoms with van der Waals surface area (Å²) < 4.78 is 0. The number of aliphatic imine (C=N–C) groups is 1. The van der Waals surface area contributed by atoms with E-state index in [-0.39, 0.29) is 17.4 Å². The van der Waals surface area contributed by atoms with Crippen LogP contribution in [0.2, 0.25) is 0 Å². The number of carbonyl (C=O) groups is 1. The number of carbonyl (C=O) groups excluding carboxylic acids is 1. The van der Waals surface area contributed by atoms with Gasteiger partial charge in [0, 0.05) is 30.6 Å². The fourth-order valence-corrected chi connectivity index (χ4v) is 4.83. The number of nitrogens with one attached hydrogen (secondary N) is 3. The molecule has 2 aromatic rings. The number of guanidine groups is 1. The van der Waals surface area contributed by atoms with Gasteiger partial charge in [0.05, 0.1) is 0 Å². The molecule has 0 aromatic heterocycles. The smallest absolute Gasteiger partial charge is 0.251 e. The number of rotatable bonds is 9. The number of unbranched alkanes of at least 4 members (excludes halogenated alkanes) is 2. The Bertz CT molecular complexity index is 970. The van der Waals surface area contributed by atoms with Crippen molar-refractivity contribution in [3.8, 4) is 6.19 Å². The molecule has 0 aliphatic heterocycles. The molecule has 0 atom stereocenters. The lowest BCUT2D eigenvalue weighted by atomic mass is 9.68. The summed E-state index contributed by atoms with van der Waals surface area (Å²) in [5.74, 6) is 0.487. The lowest BCUT2D eigenvalue weighted by Gasteiger charge is -2.41. The highest BCUT2D eigenvalue weighted by atomic mass is 16.1. The van der Waals surface area contributed by atoms with Gasteiger partial charge in [0.2, 0.25) is 5.96 Å². The van der Waals surface area contributed by atoms with Crippen LogP contribution in [0.25, 0.3) is 0 Å². The molecule has 1 saturated carbocycles. The molecule has 180 valence electrons. The van der Waals surface area contributed by atoms with Crippen molar-refractivity contribution in [2.75, 3.05) is 13.6 Å². The number of nitrogens with zero attached hydrogens (tertiary/aromatic N) is 2. The first-order chi connectivity index (χ1) is 16.6. The topological polar surface area (TPSA) is 89.3 Å². The fourth-order valence-electron chi connectivity index (χ4n) is 4.83. The molecule has 34 heavy (non-hydrogen) atoms. The molecule has 3 N–H and O–H groups in total. The van der Waals surface area contributed by atoms with Crippen molar-refractivity contribution in [2.45, 2.75) is 69.7 Å². The molecule has 0 heterocycles. The zero-order chi connectivity index (χ0) is 24.2. The van der Waals surface area contributed by atoms with Crippen LogP contribution in [-0.4, -0.2) is 31.5 Å². The third kappa shape index (κ3) is 6.84. The van der Waals surface area contributed by atoms with Crippen LogP contribution in [0.15, 0.2) is 59.6 Å². The van der Waals surface area contributed by atoms with E-state index < -0.39 is 0 Å². The molecule has 1 aliphatic rings. The van der Waals surface area contributed by atoms with Crippen molar-refractivity contribution in [3.63, 3.8) is 0 Å². The second-order valence-electron chi connectivity index (χ2n) is 9.21. The molecule has 3 rings (SSSR count). The van der Waals surface area contributed by atoms with E-state index in [1.165, 1.54) is 30.4 Å². The molecule has 1 fully saturated rings. The van der Waals surface area contributed by atoms with Crippen molar-refractivity contribution in [1.82, 2.24) is 16.0 Å². The Kier molecular flexibility index (Phi) is 9.51. The SMILES string of the molecule is CCCCCc1ccc(C(=O)NCC2(c3ccccc3)CCC(NC(=NC)NC#N)CC2)cc1. The Balaban J connectivity index is 1.64. The first-order valence-electron chi connectivity index (χ1n) is 12.4. The minimum Gasteiger partial charge on any atom is -0.353 e. The zero-order valence-electron chi connectivity index (χ0n) is 20.4. The van der Waals surface area contributed by atoms with Gasteiger partial charge in [-0.25, -0.2) is 0 Å². The van der Waals surface area contributed by atoms with Crippen LogP contribution in [0.1, 0.15) is 73.4 Å². The van der Waals surface area contributed by atoms with E-state index in [0.717, 1.165) is 32.1 Å². The first kappa shape index (κ1) is 25.3. The Hall–Kier alpha value is -3.33. The van der Waals surface area contributed by atoms with E-state index in [1.807, 2.05) is 24.4 Å². The van der Waals surface area contributed by atoms with Crippen molar-refractivity contribution in [2.24, 2.45) is 4.99 Å². The van der Waals surface area contributed by atoms with Crippen molar-refractivity contribution in [3.05, 3.63) is 71.3 Å². The average molecular weight is 460 g/mol. The number of aryl methyl sites for hydroxylation is 1. The van der Waals surface area contributed by atoms with Gasteiger partial charge in [0.25, 0.3) is 5.91 Å². The molecule has 1 amide bonds. The minimum absolute atomic E-state index is 0.0192. The molecule has 0 spiro atoms. The molecule has 1 aliphatic carbocycles. The van der Waals surface area contributed by atoms with Gasteiger partial charge in [-0.1, -0.05) is 62.2 Å². The molecule has 6 heteroatoms. The van der Waals surface area contributed by atoms with Crippen LogP contribution in [0.4, 0.5) is 0 Å². The van der Waals surface area contributed by atoms with Gasteiger partial charge in [0.1, 0.15) is 0 Å². The van der Waals surface area contributed by atoms with Crippen LogP contribution in [-0.2, 0) is 11.8 Å². The van der Waals surface area contributed by atoms with Gasteiger partial charge >= 0.3 is 0 Å².